The molecule has 0 saturated heterocycles. The Hall–Kier alpha value is -3.47. The summed E-state index contributed by atoms with van der Waals surface area (Å²) in [6.07, 6.45) is -3.74. The van der Waals surface area contributed by atoms with Crippen LogP contribution in [0.4, 0.5) is 13.2 Å². The Labute approximate surface area is 180 Å². The highest BCUT2D eigenvalue weighted by Gasteiger charge is 2.30. The molecule has 2 aromatic rings. The molecular weight excluding hydrogens is 405 g/mol. The molecule has 0 spiro atoms. The maximum atomic E-state index is 12.8. The van der Waals surface area contributed by atoms with Crippen molar-refractivity contribution in [2.75, 3.05) is 26.7 Å². The number of hydrogen-bond acceptors (Lipinski definition) is 2. The van der Waals surface area contributed by atoms with Crippen LogP contribution in [0.3, 0.4) is 0 Å². The number of rotatable bonds is 6. The largest absolute Gasteiger partial charge is 0.416 e. The van der Waals surface area contributed by atoms with Gasteiger partial charge in [0, 0.05) is 31.3 Å². The first-order valence-electron chi connectivity index (χ1n) is 9.82. The number of amides is 1. The normalized spacial score (nSPS) is 11.3. The zero-order valence-corrected chi connectivity index (χ0v) is 17.4. The molecule has 0 aliphatic rings. The minimum atomic E-state index is -4.39. The average Bonchev–Trinajstić information content (AvgIpc) is 2.76. The number of halogens is 3. The molecule has 5 nitrogen and oxygen atoms in total. The van der Waals surface area contributed by atoms with Gasteiger partial charge >= 0.3 is 6.18 Å². The molecule has 164 valence electrons. The molecule has 0 saturated carbocycles. The molecule has 0 bridgehead atoms. The van der Waals surface area contributed by atoms with Crippen LogP contribution in [0.2, 0.25) is 0 Å². The molecule has 0 aliphatic heterocycles. The summed E-state index contributed by atoms with van der Waals surface area (Å²) in [5.41, 5.74) is 1.17. The second-order valence-electron chi connectivity index (χ2n) is 6.52. The van der Waals surface area contributed by atoms with Crippen molar-refractivity contribution < 1.29 is 18.0 Å². The summed E-state index contributed by atoms with van der Waals surface area (Å²) < 4.78 is 38.3. The maximum Gasteiger partial charge on any atom is 0.416 e. The lowest BCUT2D eigenvalue weighted by Crippen LogP contribution is -2.37. The van der Waals surface area contributed by atoms with Crippen molar-refractivity contribution in [2.24, 2.45) is 4.99 Å². The van der Waals surface area contributed by atoms with Crippen molar-refractivity contribution in [1.82, 2.24) is 16.0 Å². The van der Waals surface area contributed by atoms with E-state index in [0.29, 0.717) is 36.6 Å². The summed E-state index contributed by atoms with van der Waals surface area (Å²) in [6.45, 7) is 3.30. The van der Waals surface area contributed by atoms with Crippen LogP contribution in [0.5, 0.6) is 0 Å². The molecule has 2 rings (SSSR count). The van der Waals surface area contributed by atoms with Gasteiger partial charge in [0.05, 0.1) is 12.1 Å². The van der Waals surface area contributed by atoms with Gasteiger partial charge in [0.1, 0.15) is 0 Å². The molecule has 2 aromatic carbocycles. The van der Waals surface area contributed by atoms with E-state index in [1.807, 2.05) is 25.1 Å². The Morgan fingerprint density at radius 2 is 1.87 bits per heavy atom. The fourth-order valence-corrected chi connectivity index (χ4v) is 2.70. The lowest BCUT2D eigenvalue weighted by Gasteiger charge is -2.09. The van der Waals surface area contributed by atoms with Crippen molar-refractivity contribution >= 4 is 11.9 Å². The van der Waals surface area contributed by atoms with Gasteiger partial charge < -0.3 is 16.0 Å². The molecule has 1 amide bonds. The zero-order chi connectivity index (χ0) is 22.7. The lowest BCUT2D eigenvalue weighted by molar-refractivity contribution is -0.137. The van der Waals surface area contributed by atoms with E-state index in [0.717, 1.165) is 17.7 Å². The Kier molecular flexibility index (Phi) is 8.94. The summed E-state index contributed by atoms with van der Waals surface area (Å²) >= 11 is 0. The van der Waals surface area contributed by atoms with E-state index in [1.54, 1.807) is 13.1 Å². The highest BCUT2D eigenvalue weighted by atomic mass is 19.4. The number of nitrogens with one attached hydrogen (secondary N) is 3. The summed E-state index contributed by atoms with van der Waals surface area (Å²) in [7, 11) is 1.59. The third-order valence-electron chi connectivity index (χ3n) is 4.20. The topological polar surface area (TPSA) is 65.5 Å². The van der Waals surface area contributed by atoms with Crippen molar-refractivity contribution in [3.63, 3.8) is 0 Å². The smallest absolute Gasteiger partial charge is 0.357 e. The number of carbonyl (C=O) groups excluding carboxylic acids is 1. The van der Waals surface area contributed by atoms with Crippen LogP contribution < -0.4 is 16.0 Å². The van der Waals surface area contributed by atoms with Crippen LogP contribution >= 0.6 is 0 Å². The maximum absolute atomic E-state index is 12.8. The molecule has 0 unspecified atom stereocenters. The van der Waals surface area contributed by atoms with E-state index in [-0.39, 0.29) is 12.5 Å². The molecule has 0 heterocycles. The second kappa shape index (κ2) is 11.6. The molecule has 31 heavy (non-hydrogen) atoms. The van der Waals surface area contributed by atoms with Gasteiger partial charge in [-0.1, -0.05) is 30.0 Å². The molecule has 0 aromatic heterocycles. The van der Waals surface area contributed by atoms with E-state index in [1.165, 1.54) is 12.1 Å². The summed E-state index contributed by atoms with van der Waals surface area (Å²) in [6, 6.07) is 12.3. The van der Waals surface area contributed by atoms with Gasteiger partial charge in [-0.2, -0.15) is 13.2 Å². The Bertz CT molecular complexity index is 975. The lowest BCUT2D eigenvalue weighted by atomic mass is 10.1. The standard InChI is InChI=1S/C23H25F3N4O/c1-3-28-22(30-14-12-18-7-4-10-19(15-18)21(31)27-2)29-13-6-9-17-8-5-11-20(16-17)23(24,25)26/h4-5,7-8,10-11,15-16H,3,12-14H2,1-2H3,(H,27,31)(H2,28,29,30). The highest BCUT2D eigenvalue weighted by molar-refractivity contribution is 5.94. The van der Waals surface area contributed by atoms with Crippen LogP contribution in [0, 0.1) is 11.8 Å². The minimum Gasteiger partial charge on any atom is -0.357 e. The highest BCUT2D eigenvalue weighted by Crippen LogP contribution is 2.29. The Balaban J connectivity index is 1.93. The first kappa shape index (κ1) is 23.8. The third-order valence-corrected chi connectivity index (χ3v) is 4.20. The second-order valence-corrected chi connectivity index (χ2v) is 6.52. The van der Waals surface area contributed by atoms with Gasteiger partial charge in [0.25, 0.3) is 5.91 Å². The zero-order valence-electron chi connectivity index (χ0n) is 17.4. The van der Waals surface area contributed by atoms with Crippen LogP contribution in [0.1, 0.15) is 34.0 Å². The monoisotopic (exact) mass is 430 g/mol. The van der Waals surface area contributed by atoms with Crippen molar-refractivity contribution in [3.05, 3.63) is 70.8 Å². The Morgan fingerprint density at radius 3 is 2.58 bits per heavy atom. The van der Waals surface area contributed by atoms with Gasteiger partial charge in [0.15, 0.2) is 5.96 Å². The fourth-order valence-electron chi connectivity index (χ4n) is 2.70. The third kappa shape index (κ3) is 8.05. The van der Waals surface area contributed by atoms with Gasteiger partial charge in [-0.3, -0.25) is 9.79 Å². The predicted octanol–water partition coefficient (Wildman–Crippen LogP) is 3.21. The fraction of sp³-hybridized carbons (Fsp3) is 0.304. The van der Waals surface area contributed by atoms with E-state index in [2.05, 4.69) is 32.8 Å². The minimum absolute atomic E-state index is 0.139. The number of hydrogen-bond donors (Lipinski definition) is 3. The number of guanidine groups is 1. The molecule has 0 aliphatic carbocycles. The first-order valence-corrected chi connectivity index (χ1v) is 9.82. The molecule has 3 N–H and O–H groups in total. The van der Waals surface area contributed by atoms with Crippen LogP contribution in [-0.2, 0) is 12.6 Å². The van der Waals surface area contributed by atoms with Crippen LogP contribution in [-0.4, -0.2) is 38.5 Å². The number of carbonyl (C=O) groups is 1. The summed E-state index contributed by atoms with van der Waals surface area (Å²) in [5.74, 6) is 5.96. The van der Waals surface area contributed by atoms with Crippen molar-refractivity contribution in [1.29, 1.82) is 0 Å². The first-order chi connectivity index (χ1) is 14.8. The summed E-state index contributed by atoms with van der Waals surface area (Å²) in [4.78, 5) is 16.2. The average molecular weight is 430 g/mol. The van der Waals surface area contributed by atoms with E-state index >= 15 is 0 Å². The molecule has 0 atom stereocenters. The van der Waals surface area contributed by atoms with Gasteiger partial charge in [-0.25, -0.2) is 0 Å². The van der Waals surface area contributed by atoms with E-state index < -0.39 is 11.7 Å². The van der Waals surface area contributed by atoms with Crippen molar-refractivity contribution in [3.8, 4) is 11.8 Å². The molecule has 0 radical (unpaired) electrons. The van der Waals surface area contributed by atoms with Gasteiger partial charge in [-0.05, 0) is 49.2 Å². The van der Waals surface area contributed by atoms with Crippen LogP contribution in [0.25, 0.3) is 0 Å². The Morgan fingerprint density at radius 1 is 1.10 bits per heavy atom. The number of benzene rings is 2. The quantitative estimate of drug-likeness (QED) is 0.375. The predicted molar refractivity (Wildman–Crippen MR) is 116 cm³/mol. The number of alkyl halides is 3. The van der Waals surface area contributed by atoms with E-state index in [4.69, 9.17) is 0 Å². The molecular formula is C23H25F3N4O. The summed E-state index contributed by atoms with van der Waals surface area (Å²) in [5, 5.41) is 8.73. The van der Waals surface area contributed by atoms with Crippen LogP contribution in [0.15, 0.2) is 53.5 Å². The van der Waals surface area contributed by atoms with Gasteiger partial charge in [0.2, 0.25) is 0 Å². The number of aliphatic imine (C=N–C) groups is 1. The van der Waals surface area contributed by atoms with Gasteiger partial charge in [-0.15, -0.1) is 0 Å². The molecule has 0 fully saturated rings. The van der Waals surface area contributed by atoms with E-state index in [9.17, 15) is 18.0 Å². The number of nitrogens with zero attached hydrogens (tertiary/aromatic N) is 1. The van der Waals surface area contributed by atoms with Crippen molar-refractivity contribution in [2.45, 2.75) is 19.5 Å². The molecule has 8 heteroatoms. The SMILES string of the molecule is CCNC(=NCCc1cccc(C(=O)NC)c1)NCC#Cc1cccc(C(F)(F)F)c1.